The topological polar surface area (TPSA) is 41.6 Å². The summed E-state index contributed by atoms with van der Waals surface area (Å²) < 4.78 is 4.71. The van der Waals surface area contributed by atoms with Crippen molar-refractivity contribution in [3.05, 3.63) is 59.2 Å². The summed E-state index contributed by atoms with van der Waals surface area (Å²) in [5.74, 6) is -0.302. The minimum atomic E-state index is -0.302. The molecular formula is C19H22N2O2. The van der Waals surface area contributed by atoms with Crippen molar-refractivity contribution in [1.82, 2.24) is 0 Å². The van der Waals surface area contributed by atoms with Gasteiger partial charge in [-0.2, -0.15) is 0 Å². The smallest absolute Gasteiger partial charge is 0.337 e. The van der Waals surface area contributed by atoms with Gasteiger partial charge in [-0.1, -0.05) is 12.1 Å². The normalized spacial score (nSPS) is 13.4. The van der Waals surface area contributed by atoms with Gasteiger partial charge >= 0.3 is 5.97 Å². The number of nitrogens with zero attached hydrogens (tertiary/aromatic N) is 1. The highest BCUT2D eigenvalue weighted by atomic mass is 16.5. The van der Waals surface area contributed by atoms with Crippen LogP contribution >= 0.6 is 0 Å². The van der Waals surface area contributed by atoms with E-state index < -0.39 is 0 Å². The number of carbonyl (C=O) groups excluding carboxylic acids is 1. The number of ether oxygens (including phenoxy) is 1. The van der Waals surface area contributed by atoms with E-state index in [9.17, 15) is 4.79 Å². The van der Waals surface area contributed by atoms with Crippen molar-refractivity contribution in [2.75, 3.05) is 30.9 Å². The van der Waals surface area contributed by atoms with E-state index in [2.05, 4.69) is 35.5 Å². The molecule has 4 nitrogen and oxygen atoms in total. The summed E-state index contributed by atoms with van der Waals surface area (Å²) in [7, 11) is 3.54. The number of methoxy groups -OCH3 is 1. The lowest BCUT2D eigenvalue weighted by Crippen LogP contribution is -2.24. The van der Waals surface area contributed by atoms with Gasteiger partial charge in [-0.3, -0.25) is 0 Å². The number of hydrogen-bond acceptors (Lipinski definition) is 4. The molecule has 23 heavy (non-hydrogen) atoms. The van der Waals surface area contributed by atoms with Crippen LogP contribution in [0.1, 0.15) is 27.9 Å². The summed E-state index contributed by atoms with van der Waals surface area (Å²) in [5, 5.41) is 3.45. The molecule has 0 saturated heterocycles. The van der Waals surface area contributed by atoms with Gasteiger partial charge in [0, 0.05) is 31.5 Å². The summed E-state index contributed by atoms with van der Waals surface area (Å²) in [4.78, 5) is 13.7. The zero-order valence-electron chi connectivity index (χ0n) is 13.6. The van der Waals surface area contributed by atoms with Crippen LogP contribution in [0, 0.1) is 0 Å². The van der Waals surface area contributed by atoms with Crippen molar-refractivity contribution in [3.63, 3.8) is 0 Å². The van der Waals surface area contributed by atoms with Crippen LogP contribution in [0.15, 0.2) is 42.5 Å². The number of fused-ring (bicyclic) bond motifs is 1. The molecule has 0 atom stereocenters. The Hall–Kier alpha value is -2.49. The van der Waals surface area contributed by atoms with Gasteiger partial charge in [0.15, 0.2) is 0 Å². The second-order valence-corrected chi connectivity index (χ2v) is 5.91. The third-order valence-corrected chi connectivity index (χ3v) is 4.30. The van der Waals surface area contributed by atoms with Crippen LogP contribution < -0.4 is 10.2 Å². The second kappa shape index (κ2) is 6.73. The van der Waals surface area contributed by atoms with E-state index in [-0.39, 0.29) is 5.97 Å². The number of hydrogen-bond donors (Lipinski definition) is 1. The SMILES string of the molecule is COC(=O)c1ccc(CNc2ccc3c(c2)CCCN3C)cc1. The quantitative estimate of drug-likeness (QED) is 0.878. The molecule has 120 valence electrons. The first kappa shape index (κ1) is 15.4. The Balaban J connectivity index is 1.65. The Morgan fingerprint density at radius 3 is 2.74 bits per heavy atom. The van der Waals surface area contributed by atoms with Crippen LogP contribution in [0.25, 0.3) is 0 Å². The van der Waals surface area contributed by atoms with E-state index in [4.69, 9.17) is 4.74 Å². The molecule has 0 radical (unpaired) electrons. The van der Waals surface area contributed by atoms with Gasteiger partial charge in [0.05, 0.1) is 12.7 Å². The fourth-order valence-electron chi connectivity index (χ4n) is 2.98. The predicted octanol–water partition coefficient (Wildman–Crippen LogP) is 3.47. The molecule has 0 saturated carbocycles. The fraction of sp³-hybridized carbons (Fsp3) is 0.316. The van der Waals surface area contributed by atoms with Crippen LogP contribution in [0.2, 0.25) is 0 Å². The standard InChI is InChI=1S/C19H22N2O2/c1-21-11-3-4-16-12-17(9-10-18(16)21)20-13-14-5-7-15(8-6-14)19(22)23-2/h5-10,12,20H,3-4,11,13H2,1-2H3. The molecule has 0 spiro atoms. The van der Waals surface area contributed by atoms with Crippen molar-refractivity contribution in [1.29, 1.82) is 0 Å². The zero-order chi connectivity index (χ0) is 16.2. The Bertz CT molecular complexity index is 695. The van der Waals surface area contributed by atoms with Crippen molar-refractivity contribution in [2.45, 2.75) is 19.4 Å². The van der Waals surface area contributed by atoms with Gasteiger partial charge in [-0.25, -0.2) is 4.79 Å². The molecule has 0 aliphatic carbocycles. The minimum Gasteiger partial charge on any atom is -0.465 e. The average Bonchev–Trinajstić information content (AvgIpc) is 2.60. The highest BCUT2D eigenvalue weighted by Gasteiger charge is 2.13. The average molecular weight is 310 g/mol. The van der Waals surface area contributed by atoms with Crippen LogP contribution in [0.4, 0.5) is 11.4 Å². The fourth-order valence-corrected chi connectivity index (χ4v) is 2.98. The predicted molar refractivity (Wildman–Crippen MR) is 93.1 cm³/mol. The highest BCUT2D eigenvalue weighted by Crippen LogP contribution is 2.28. The summed E-state index contributed by atoms with van der Waals surface area (Å²) in [5.41, 5.74) is 5.59. The monoisotopic (exact) mass is 310 g/mol. The zero-order valence-corrected chi connectivity index (χ0v) is 13.6. The Morgan fingerprint density at radius 1 is 1.22 bits per heavy atom. The molecule has 0 fully saturated rings. The molecule has 1 aliphatic rings. The van der Waals surface area contributed by atoms with Gasteiger partial charge in [0.2, 0.25) is 0 Å². The first-order valence-electron chi connectivity index (χ1n) is 7.92. The van der Waals surface area contributed by atoms with Crippen molar-refractivity contribution >= 4 is 17.3 Å². The molecule has 1 heterocycles. The van der Waals surface area contributed by atoms with E-state index in [1.165, 1.54) is 24.8 Å². The van der Waals surface area contributed by atoms with Gasteiger partial charge < -0.3 is 15.0 Å². The largest absolute Gasteiger partial charge is 0.465 e. The van der Waals surface area contributed by atoms with Crippen molar-refractivity contribution < 1.29 is 9.53 Å². The number of benzene rings is 2. The summed E-state index contributed by atoms with van der Waals surface area (Å²) >= 11 is 0. The maximum atomic E-state index is 11.4. The molecule has 2 aromatic rings. The lowest BCUT2D eigenvalue weighted by atomic mass is 10.0. The summed E-state index contributed by atoms with van der Waals surface area (Å²) in [6.45, 7) is 1.86. The Labute approximate surface area is 137 Å². The maximum Gasteiger partial charge on any atom is 0.337 e. The molecule has 0 aromatic heterocycles. The number of esters is 1. The molecule has 3 rings (SSSR count). The third-order valence-electron chi connectivity index (χ3n) is 4.30. The molecule has 0 amide bonds. The van der Waals surface area contributed by atoms with E-state index >= 15 is 0 Å². The van der Waals surface area contributed by atoms with E-state index in [0.717, 1.165) is 30.8 Å². The van der Waals surface area contributed by atoms with Crippen LogP contribution in [0.5, 0.6) is 0 Å². The number of rotatable bonds is 4. The summed E-state index contributed by atoms with van der Waals surface area (Å²) in [6, 6.07) is 14.1. The Morgan fingerprint density at radius 2 is 2.00 bits per heavy atom. The first-order valence-corrected chi connectivity index (χ1v) is 7.92. The van der Waals surface area contributed by atoms with E-state index in [1.807, 2.05) is 12.1 Å². The molecule has 0 unspecified atom stereocenters. The first-order chi connectivity index (χ1) is 11.2. The molecule has 4 heteroatoms. The molecule has 1 N–H and O–H groups in total. The highest BCUT2D eigenvalue weighted by molar-refractivity contribution is 5.89. The molecule has 2 aromatic carbocycles. The van der Waals surface area contributed by atoms with Gasteiger partial charge in [0.25, 0.3) is 0 Å². The number of anilines is 2. The Kier molecular flexibility index (Phi) is 4.51. The number of aryl methyl sites for hydroxylation is 1. The van der Waals surface area contributed by atoms with Gasteiger partial charge in [0.1, 0.15) is 0 Å². The van der Waals surface area contributed by atoms with Gasteiger partial charge in [-0.15, -0.1) is 0 Å². The lowest BCUT2D eigenvalue weighted by Gasteiger charge is -2.28. The van der Waals surface area contributed by atoms with Crippen molar-refractivity contribution in [3.8, 4) is 0 Å². The van der Waals surface area contributed by atoms with E-state index in [1.54, 1.807) is 12.1 Å². The molecular weight excluding hydrogens is 288 g/mol. The van der Waals surface area contributed by atoms with Crippen LogP contribution in [0.3, 0.4) is 0 Å². The number of carbonyl (C=O) groups is 1. The third kappa shape index (κ3) is 3.47. The molecule has 0 bridgehead atoms. The minimum absolute atomic E-state index is 0.302. The maximum absolute atomic E-state index is 11.4. The van der Waals surface area contributed by atoms with Gasteiger partial charge in [-0.05, 0) is 54.3 Å². The second-order valence-electron chi connectivity index (χ2n) is 5.91. The lowest BCUT2D eigenvalue weighted by molar-refractivity contribution is 0.0600. The van der Waals surface area contributed by atoms with Crippen LogP contribution in [-0.2, 0) is 17.7 Å². The molecule has 1 aliphatic heterocycles. The van der Waals surface area contributed by atoms with Crippen molar-refractivity contribution in [2.24, 2.45) is 0 Å². The summed E-state index contributed by atoms with van der Waals surface area (Å²) in [6.07, 6.45) is 2.35. The van der Waals surface area contributed by atoms with Crippen LogP contribution in [-0.4, -0.2) is 26.7 Å². The number of nitrogens with one attached hydrogen (secondary N) is 1. The van der Waals surface area contributed by atoms with E-state index in [0.29, 0.717) is 5.56 Å².